The fourth-order valence-corrected chi connectivity index (χ4v) is 5.66. The minimum atomic E-state index is -0.321. The molecule has 1 aliphatic rings. The fraction of sp³-hybridized carbons (Fsp3) is 0.120. The lowest BCUT2D eigenvalue weighted by atomic mass is 10.1. The summed E-state index contributed by atoms with van der Waals surface area (Å²) < 4.78 is 1.61. The van der Waals surface area contributed by atoms with Crippen molar-refractivity contribution in [1.82, 2.24) is 10.3 Å². The van der Waals surface area contributed by atoms with Gasteiger partial charge in [0, 0.05) is 0 Å². The van der Waals surface area contributed by atoms with Crippen molar-refractivity contribution in [2.24, 2.45) is 0 Å². The average molecular weight is 474 g/mol. The van der Waals surface area contributed by atoms with Crippen LogP contribution in [-0.4, -0.2) is 28.5 Å². The number of nitrogens with one attached hydrogen (secondary N) is 1. The molecular formula is C25H19N3O3S2. The number of amides is 3. The van der Waals surface area contributed by atoms with E-state index in [2.05, 4.69) is 10.3 Å². The van der Waals surface area contributed by atoms with Crippen LogP contribution in [0.15, 0.2) is 77.1 Å². The lowest BCUT2D eigenvalue weighted by Gasteiger charge is -2.13. The first-order chi connectivity index (χ1) is 16.0. The van der Waals surface area contributed by atoms with Crippen molar-refractivity contribution in [3.8, 4) is 0 Å². The van der Waals surface area contributed by atoms with Gasteiger partial charge in [-0.25, -0.2) is 9.88 Å². The van der Waals surface area contributed by atoms with Crippen LogP contribution in [0.25, 0.3) is 10.2 Å². The van der Waals surface area contributed by atoms with Crippen molar-refractivity contribution in [3.05, 3.63) is 89.5 Å². The second-order valence-electron chi connectivity index (χ2n) is 7.61. The van der Waals surface area contributed by atoms with Crippen LogP contribution in [0.4, 0.5) is 5.69 Å². The monoisotopic (exact) mass is 473 g/mol. The van der Waals surface area contributed by atoms with Crippen LogP contribution in [0.3, 0.4) is 0 Å². The third-order valence-corrected chi connectivity index (χ3v) is 7.57. The van der Waals surface area contributed by atoms with E-state index in [1.807, 2.05) is 37.3 Å². The normalized spacial score (nSPS) is 13.9. The molecule has 1 atom stereocenters. The van der Waals surface area contributed by atoms with Gasteiger partial charge in [-0.2, -0.15) is 0 Å². The second kappa shape index (κ2) is 8.80. The molecule has 3 aromatic carbocycles. The Morgan fingerprint density at radius 2 is 1.67 bits per heavy atom. The van der Waals surface area contributed by atoms with Crippen LogP contribution in [0.5, 0.6) is 0 Å². The summed E-state index contributed by atoms with van der Waals surface area (Å²) in [6.07, 6.45) is 0. The molecule has 3 amide bonds. The number of hydrogen-bond donors (Lipinski definition) is 1. The van der Waals surface area contributed by atoms with Crippen molar-refractivity contribution in [2.45, 2.75) is 17.3 Å². The van der Waals surface area contributed by atoms with Gasteiger partial charge in [0.25, 0.3) is 11.8 Å². The minimum absolute atomic E-state index is 0.0673. The predicted molar refractivity (Wildman–Crippen MR) is 131 cm³/mol. The molecule has 1 aliphatic heterocycles. The molecule has 0 saturated heterocycles. The van der Waals surface area contributed by atoms with E-state index in [1.54, 1.807) is 42.5 Å². The van der Waals surface area contributed by atoms with Gasteiger partial charge in [0.15, 0.2) is 4.34 Å². The Kier molecular flexibility index (Phi) is 5.70. The van der Waals surface area contributed by atoms with E-state index in [9.17, 15) is 14.4 Å². The van der Waals surface area contributed by atoms with Gasteiger partial charge in [0.05, 0.1) is 38.8 Å². The van der Waals surface area contributed by atoms with Gasteiger partial charge in [-0.15, -0.1) is 11.3 Å². The molecule has 0 spiro atoms. The molecule has 0 saturated carbocycles. The number of carbonyl (C=O) groups is 3. The largest absolute Gasteiger partial charge is 0.349 e. The Morgan fingerprint density at radius 3 is 2.36 bits per heavy atom. The maximum atomic E-state index is 12.8. The quantitative estimate of drug-likeness (QED) is 0.313. The van der Waals surface area contributed by atoms with Crippen molar-refractivity contribution in [3.63, 3.8) is 0 Å². The van der Waals surface area contributed by atoms with E-state index in [1.165, 1.54) is 28.0 Å². The molecule has 4 aromatic rings. The summed E-state index contributed by atoms with van der Waals surface area (Å²) in [6, 6.07) is 21.9. The molecule has 5 rings (SSSR count). The Bertz CT molecular complexity index is 1350. The Balaban J connectivity index is 1.28. The van der Waals surface area contributed by atoms with Crippen molar-refractivity contribution >= 4 is 56.7 Å². The maximum absolute atomic E-state index is 12.8. The summed E-state index contributed by atoms with van der Waals surface area (Å²) in [5, 5.41) is 3.00. The number of rotatable bonds is 6. The van der Waals surface area contributed by atoms with Gasteiger partial charge < -0.3 is 5.32 Å². The highest BCUT2D eigenvalue weighted by atomic mass is 32.2. The number of imide groups is 1. The van der Waals surface area contributed by atoms with Crippen LogP contribution in [-0.2, 0) is 4.79 Å². The highest BCUT2D eigenvalue weighted by Gasteiger charge is 2.36. The third kappa shape index (κ3) is 4.15. The first-order valence-electron chi connectivity index (χ1n) is 10.4. The lowest BCUT2D eigenvalue weighted by Crippen LogP contribution is -2.29. The van der Waals surface area contributed by atoms with Gasteiger partial charge in [0.2, 0.25) is 5.91 Å². The summed E-state index contributed by atoms with van der Waals surface area (Å²) in [6.45, 7) is 1.95. The molecule has 1 aromatic heterocycles. The molecule has 8 heteroatoms. The van der Waals surface area contributed by atoms with Gasteiger partial charge in [-0.1, -0.05) is 54.2 Å². The molecular weight excluding hydrogens is 454 g/mol. The van der Waals surface area contributed by atoms with Gasteiger partial charge in [-0.05, 0) is 42.8 Å². The summed E-state index contributed by atoms with van der Waals surface area (Å²) >= 11 is 2.80. The first kappa shape index (κ1) is 21.4. The topological polar surface area (TPSA) is 79.4 Å². The molecule has 33 heavy (non-hydrogen) atoms. The van der Waals surface area contributed by atoms with Gasteiger partial charge >= 0.3 is 0 Å². The number of aromatic nitrogens is 1. The lowest BCUT2D eigenvalue weighted by molar-refractivity contribution is -0.119. The average Bonchev–Trinajstić information content (AvgIpc) is 3.36. The summed E-state index contributed by atoms with van der Waals surface area (Å²) in [5.41, 5.74) is 3.17. The zero-order valence-corrected chi connectivity index (χ0v) is 19.3. The number of anilines is 1. The number of nitrogens with zero attached hydrogens (tertiary/aromatic N) is 2. The Hall–Kier alpha value is -3.49. The van der Waals surface area contributed by atoms with Crippen LogP contribution >= 0.6 is 23.1 Å². The zero-order valence-electron chi connectivity index (χ0n) is 17.6. The van der Waals surface area contributed by atoms with E-state index < -0.39 is 0 Å². The van der Waals surface area contributed by atoms with E-state index in [-0.39, 0.29) is 29.5 Å². The minimum Gasteiger partial charge on any atom is -0.349 e. The highest BCUT2D eigenvalue weighted by molar-refractivity contribution is 8.01. The first-order valence-corrected chi connectivity index (χ1v) is 12.2. The molecule has 1 N–H and O–H groups in total. The number of fused-ring (bicyclic) bond motifs is 2. The van der Waals surface area contributed by atoms with Crippen LogP contribution in [0, 0.1) is 0 Å². The molecule has 164 valence electrons. The maximum Gasteiger partial charge on any atom is 0.266 e. The van der Waals surface area contributed by atoms with Gasteiger partial charge in [-0.3, -0.25) is 14.4 Å². The number of thiazole rings is 1. The van der Waals surface area contributed by atoms with Crippen LogP contribution < -0.4 is 10.2 Å². The molecule has 2 heterocycles. The van der Waals surface area contributed by atoms with Crippen molar-refractivity contribution < 1.29 is 14.4 Å². The Morgan fingerprint density at radius 1 is 1.00 bits per heavy atom. The van der Waals surface area contributed by atoms with Gasteiger partial charge in [0.1, 0.15) is 0 Å². The molecule has 0 bridgehead atoms. The van der Waals surface area contributed by atoms with E-state index in [0.717, 1.165) is 20.1 Å². The summed E-state index contributed by atoms with van der Waals surface area (Å²) in [5.74, 6) is -0.457. The van der Waals surface area contributed by atoms with Crippen molar-refractivity contribution in [1.29, 1.82) is 0 Å². The van der Waals surface area contributed by atoms with E-state index >= 15 is 0 Å². The van der Waals surface area contributed by atoms with Crippen LogP contribution in [0.1, 0.15) is 39.2 Å². The number of benzene rings is 3. The smallest absolute Gasteiger partial charge is 0.266 e. The fourth-order valence-electron chi connectivity index (χ4n) is 3.75. The summed E-state index contributed by atoms with van der Waals surface area (Å²) in [7, 11) is 0. The molecule has 6 nitrogen and oxygen atoms in total. The predicted octanol–water partition coefficient (Wildman–Crippen LogP) is 5.07. The van der Waals surface area contributed by atoms with Crippen LogP contribution in [0.2, 0.25) is 0 Å². The van der Waals surface area contributed by atoms with Crippen molar-refractivity contribution in [2.75, 3.05) is 10.7 Å². The second-order valence-corrected chi connectivity index (χ2v) is 9.86. The standard InChI is InChI=1S/C25H19N3O3S2/c1-15(16-7-3-2-4-8-16)26-22(29)14-32-25-27-20-12-11-17(13-21(20)33-25)28-23(30)18-9-5-6-10-19(18)24(28)31/h2-13,15H,14H2,1H3,(H,26,29). The molecule has 1 unspecified atom stereocenters. The highest BCUT2D eigenvalue weighted by Crippen LogP contribution is 2.34. The third-order valence-electron chi connectivity index (χ3n) is 5.41. The molecule has 0 aliphatic carbocycles. The number of carbonyl (C=O) groups excluding carboxylic acids is 3. The zero-order chi connectivity index (χ0) is 22.9. The van der Waals surface area contributed by atoms with E-state index in [0.29, 0.717) is 16.8 Å². The molecule has 0 fully saturated rings. The summed E-state index contributed by atoms with van der Waals surface area (Å²) in [4.78, 5) is 43.7. The number of hydrogen-bond acceptors (Lipinski definition) is 6. The SMILES string of the molecule is CC(NC(=O)CSc1nc2ccc(N3C(=O)c4ccccc4C3=O)cc2s1)c1ccccc1. The number of thioether (sulfide) groups is 1. The van der Waals surface area contributed by atoms with E-state index in [4.69, 9.17) is 0 Å². The molecule has 0 radical (unpaired) electrons. The Labute approximate surface area is 198 Å².